The van der Waals surface area contributed by atoms with Crippen molar-refractivity contribution in [2.75, 3.05) is 0 Å². The van der Waals surface area contributed by atoms with Gasteiger partial charge in [0.15, 0.2) is 11.8 Å². The first-order valence-electron chi connectivity index (χ1n) is 25.1. The van der Waals surface area contributed by atoms with Crippen LogP contribution in [0.15, 0.2) is 49.5 Å². The number of nitrogens with zero attached hydrogens (tertiary/aromatic N) is 2. The summed E-state index contributed by atoms with van der Waals surface area (Å²) in [5, 5.41) is 32.5. The van der Waals surface area contributed by atoms with Crippen molar-refractivity contribution in [1.29, 1.82) is 0 Å². The topological polar surface area (TPSA) is 199 Å². The van der Waals surface area contributed by atoms with Gasteiger partial charge in [-0.15, -0.1) is 0 Å². The van der Waals surface area contributed by atoms with E-state index >= 15 is 0 Å². The third-order valence-corrected chi connectivity index (χ3v) is 15.0. The number of aromatic nitrogens is 2. The van der Waals surface area contributed by atoms with Gasteiger partial charge >= 0.3 is 11.9 Å². The Labute approximate surface area is 412 Å². The van der Waals surface area contributed by atoms with E-state index in [4.69, 9.17) is 18.3 Å². The van der Waals surface area contributed by atoms with Crippen LogP contribution in [-0.4, -0.2) is 79.3 Å². The Morgan fingerprint density at radius 3 is 1.57 bits per heavy atom. The molecule has 0 amide bonds. The highest BCUT2D eigenvalue weighted by atomic mass is 16.5. The van der Waals surface area contributed by atoms with Crippen molar-refractivity contribution in [3.05, 3.63) is 69.6 Å². The molecule has 0 bridgehead atoms. The van der Waals surface area contributed by atoms with E-state index in [-0.39, 0.29) is 42.2 Å². The Hall–Kier alpha value is -4.46. The Balaban J connectivity index is 0.000000365. The maximum atomic E-state index is 13.3. The summed E-state index contributed by atoms with van der Waals surface area (Å²) >= 11 is 0. The summed E-state index contributed by atoms with van der Waals surface area (Å²) in [6, 6.07) is 0. The summed E-state index contributed by atoms with van der Waals surface area (Å²) < 4.78 is 22.4. The van der Waals surface area contributed by atoms with E-state index in [2.05, 4.69) is 42.9 Å². The van der Waals surface area contributed by atoms with Crippen molar-refractivity contribution in [2.24, 2.45) is 40.4 Å². The van der Waals surface area contributed by atoms with Gasteiger partial charge in [-0.1, -0.05) is 92.0 Å². The van der Waals surface area contributed by atoms with Crippen LogP contribution < -0.4 is 0 Å². The normalized spacial score (nSPS) is 31.8. The molecule has 386 valence electrons. The Kier molecular flexibility index (Phi) is 22.3. The average Bonchev–Trinajstić information content (AvgIpc) is 3.84. The van der Waals surface area contributed by atoms with Crippen LogP contribution in [0.5, 0.6) is 0 Å². The molecule has 0 saturated carbocycles. The summed E-state index contributed by atoms with van der Waals surface area (Å²) in [5.41, 5.74) is 3.19. The first kappa shape index (κ1) is 58.9. The number of aliphatic hydroxyl groups is 3. The molecule has 0 spiro atoms. The minimum atomic E-state index is -1.23. The zero-order chi connectivity index (χ0) is 52.1. The molecule has 2 aromatic heterocycles. The van der Waals surface area contributed by atoms with E-state index in [0.29, 0.717) is 47.7 Å². The molecule has 0 saturated heterocycles. The third-order valence-electron chi connectivity index (χ3n) is 15.0. The predicted octanol–water partition coefficient (Wildman–Crippen LogP) is 11.2. The summed E-state index contributed by atoms with van der Waals surface area (Å²) in [6.07, 6.45) is 11.3. The molecule has 0 fully saturated rings. The van der Waals surface area contributed by atoms with Gasteiger partial charge in [-0.2, -0.15) is 0 Å². The van der Waals surface area contributed by atoms with Gasteiger partial charge in [0.25, 0.3) is 0 Å². The lowest BCUT2D eigenvalue weighted by Gasteiger charge is -2.35. The number of Topliss-reactive ketones (excluding diaryl/α,β-unsaturated/α-hetero) is 2. The SMILES string of the molecule is C/C1=C/C[C@@H](/C(C)=C/c2coc(C)n2)OC(=O)C[C@H](O)C(C)(C)C(=O)[C@H](C)[C@@H](O)[C@@H](C)CCC1.C/C1=C/C[C@@H](/C(C)=C/c2nc(C)oc2C)OC(=O)C[C@H](O)C(C)(C)C(=O)[C@H](C)[C@@H](C)[C@@H](C)CCC1. The zero-order valence-corrected chi connectivity index (χ0v) is 44.7. The number of oxazole rings is 2. The molecule has 0 radical (unpaired) electrons. The Bertz CT molecular complexity index is 2170. The van der Waals surface area contributed by atoms with Crippen LogP contribution in [0.25, 0.3) is 12.2 Å². The molecule has 13 heteroatoms. The molecule has 2 aliphatic rings. The number of aliphatic hydroxyl groups excluding tert-OH is 3. The van der Waals surface area contributed by atoms with Crippen molar-refractivity contribution in [3.63, 3.8) is 0 Å². The van der Waals surface area contributed by atoms with E-state index in [1.807, 2.05) is 53.7 Å². The quantitative estimate of drug-likeness (QED) is 0.193. The zero-order valence-electron chi connectivity index (χ0n) is 44.7. The summed E-state index contributed by atoms with van der Waals surface area (Å²) in [4.78, 5) is 60.9. The minimum Gasteiger partial charge on any atom is -0.457 e. The molecule has 4 rings (SSSR count). The van der Waals surface area contributed by atoms with Gasteiger partial charge in [0.1, 0.15) is 47.2 Å². The van der Waals surface area contributed by atoms with Crippen molar-refractivity contribution in [1.82, 2.24) is 9.97 Å². The highest BCUT2D eigenvalue weighted by Crippen LogP contribution is 2.36. The molecule has 4 heterocycles. The molecule has 0 aromatic carbocycles. The van der Waals surface area contributed by atoms with E-state index in [9.17, 15) is 34.5 Å². The molecular formula is C56H86N2O11. The Morgan fingerprint density at radius 2 is 1.12 bits per heavy atom. The van der Waals surface area contributed by atoms with E-state index < -0.39 is 59.2 Å². The number of rotatable bonds is 4. The van der Waals surface area contributed by atoms with Gasteiger partial charge in [-0.05, 0) is 108 Å². The van der Waals surface area contributed by atoms with Crippen LogP contribution in [0, 0.1) is 61.2 Å². The fourth-order valence-electron chi connectivity index (χ4n) is 9.20. The van der Waals surface area contributed by atoms with Crippen molar-refractivity contribution in [2.45, 2.75) is 206 Å². The highest BCUT2D eigenvalue weighted by Gasteiger charge is 2.43. The van der Waals surface area contributed by atoms with Gasteiger partial charge in [-0.25, -0.2) is 9.97 Å². The minimum absolute atomic E-state index is 0.00942. The summed E-state index contributed by atoms with van der Waals surface area (Å²) in [5.74, 6) is 0.147. The lowest BCUT2D eigenvalue weighted by atomic mass is 9.70. The molecule has 0 aliphatic carbocycles. The van der Waals surface area contributed by atoms with Crippen LogP contribution in [0.4, 0.5) is 0 Å². The Morgan fingerprint density at radius 1 is 0.652 bits per heavy atom. The maximum Gasteiger partial charge on any atom is 0.309 e. The number of esters is 2. The molecule has 2 aliphatic heterocycles. The second-order valence-corrected chi connectivity index (χ2v) is 21.5. The first-order valence-corrected chi connectivity index (χ1v) is 25.1. The second kappa shape index (κ2) is 26.1. The number of aryl methyl sites for hydroxylation is 3. The number of allylic oxidation sites excluding steroid dienone is 2. The highest BCUT2D eigenvalue weighted by molar-refractivity contribution is 5.88. The van der Waals surface area contributed by atoms with Gasteiger partial charge in [0.2, 0.25) is 0 Å². The predicted molar refractivity (Wildman–Crippen MR) is 269 cm³/mol. The third kappa shape index (κ3) is 17.1. The lowest BCUT2D eigenvalue weighted by molar-refractivity contribution is -0.155. The number of hydrogen-bond acceptors (Lipinski definition) is 13. The molecule has 10 atom stereocenters. The molecule has 0 unspecified atom stereocenters. The molecular weight excluding hydrogens is 877 g/mol. The fourth-order valence-corrected chi connectivity index (χ4v) is 9.20. The van der Waals surface area contributed by atoms with Crippen molar-refractivity contribution < 1.29 is 52.8 Å². The smallest absolute Gasteiger partial charge is 0.309 e. The number of carbonyl (C=O) groups is 4. The van der Waals surface area contributed by atoms with Crippen LogP contribution >= 0.6 is 0 Å². The van der Waals surface area contributed by atoms with Gasteiger partial charge in [0, 0.05) is 38.5 Å². The van der Waals surface area contributed by atoms with E-state index in [1.54, 1.807) is 54.7 Å². The molecule has 13 nitrogen and oxygen atoms in total. The second-order valence-electron chi connectivity index (χ2n) is 21.5. The summed E-state index contributed by atoms with van der Waals surface area (Å²) in [6.45, 7) is 30.0. The maximum absolute atomic E-state index is 13.3. The van der Waals surface area contributed by atoms with Crippen molar-refractivity contribution >= 4 is 35.7 Å². The number of ketones is 2. The monoisotopic (exact) mass is 963 g/mol. The number of carbonyl (C=O) groups excluding carboxylic acids is 4. The molecule has 2 aromatic rings. The van der Waals surface area contributed by atoms with E-state index in [1.165, 1.54) is 11.1 Å². The van der Waals surface area contributed by atoms with Crippen LogP contribution in [0.1, 0.15) is 183 Å². The van der Waals surface area contributed by atoms with Gasteiger partial charge in [0.05, 0.1) is 42.0 Å². The number of ether oxygens (including phenoxy) is 2. The molecule has 69 heavy (non-hydrogen) atoms. The first-order chi connectivity index (χ1) is 32.1. The van der Waals surface area contributed by atoms with Crippen LogP contribution in [-0.2, 0) is 28.7 Å². The standard InChI is InChI=1S/C29H45NO5.C27H41NO6/c1-17-11-10-12-18(2)20(4)21(5)28(33)29(8,9)26(31)16-27(32)35-25(14-13-17)19(3)15-24-22(6)34-23(7)30-24;1-16-9-8-10-17(2)25(31)19(4)26(32)27(6,7)23(29)14-24(30)34-22(12-11-16)18(3)13-21-15-33-20(5)28-21/h13,15,18,20-21,25-26,31H,10-12,14,16H2,1-9H3;11,13,15,17,19,22-23,25,29,31H,8-10,12,14H2,1-7H3/b17-13-,19-15+;16-11-,18-13+/t18-,20-,21+,25-,26-;17-,19+,22-,23-,25-/m00/s1. The molecule has 3 N–H and O–H groups in total. The lowest BCUT2D eigenvalue weighted by Crippen LogP contribution is -2.45. The number of hydrogen-bond donors (Lipinski definition) is 3. The van der Waals surface area contributed by atoms with Crippen molar-refractivity contribution in [3.8, 4) is 0 Å². The van der Waals surface area contributed by atoms with Gasteiger partial charge < -0.3 is 33.6 Å². The average molecular weight is 963 g/mol. The van der Waals surface area contributed by atoms with E-state index in [0.717, 1.165) is 49.7 Å². The fraction of sp³-hybridized carbons (Fsp3) is 0.679. The largest absolute Gasteiger partial charge is 0.457 e. The van der Waals surface area contributed by atoms with Crippen LogP contribution in [0.2, 0.25) is 0 Å². The number of cyclic esters (lactones) is 2. The summed E-state index contributed by atoms with van der Waals surface area (Å²) in [7, 11) is 0. The van der Waals surface area contributed by atoms with Crippen LogP contribution in [0.3, 0.4) is 0 Å². The van der Waals surface area contributed by atoms with Gasteiger partial charge in [-0.3, -0.25) is 19.2 Å².